The van der Waals surface area contributed by atoms with Crippen molar-refractivity contribution in [1.29, 1.82) is 0 Å². The van der Waals surface area contributed by atoms with Crippen LogP contribution in [0.3, 0.4) is 0 Å². The molecule has 0 aromatic heterocycles. The summed E-state index contributed by atoms with van der Waals surface area (Å²) in [5.74, 6) is 0. The molecule has 8 heavy (non-hydrogen) atoms. The normalized spacial score (nSPS) is 22.1. The van der Waals surface area contributed by atoms with E-state index >= 15 is 0 Å². The Morgan fingerprint density at radius 3 is 1.88 bits per heavy atom. The van der Waals surface area contributed by atoms with Crippen LogP contribution in [0, 0.1) is 0 Å². The third-order valence-electron chi connectivity index (χ3n) is 1.53. The number of hydrogen-bond acceptors (Lipinski definition) is 0. The van der Waals surface area contributed by atoms with Crippen LogP contribution in [0.25, 0.3) is 0 Å². The van der Waals surface area contributed by atoms with E-state index in [2.05, 4.69) is 0 Å². The summed E-state index contributed by atoms with van der Waals surface area (Å²) in [6.45, 7) is 0. The first-order valence-electron chi connectivity index (χ1n) is 3.03. The number of alkyl halides is 1. The summed E-state index contributed by atoms with van der Waals surface area (Å²) < 4.78 is 0. The summed E-state index contributed by atoms with van der Waals surface area (Å²) in [4.78, 5) is 0. The van der Waals surface area contributed by atoms with Crippen molar-refractivity contribution in [2.24, 2.45) is 0 Å². The summed E-state index contributed by atoms with van der Waals surface area (Å²) in [5.41, 5.74) is 0. The van der Waals surface area contributed by atoms with Crippen molar-refractivity contribution < 1.29 is 52.8 Å². The average Bonchev–Trinajstić information content (AvgIpc) is 1.69. The first kappa shape index (κ1) is 9.93. The Labute approximate surface area is 100 Å². The average molecular weight is 159 g/mol. The van der Waals surface area contributed by atoms with E-state index in [1.54, 1.807) is 0 Å². The van der Waals surface area contributed by atoms with Gasteiger partial charge in [0.25, 0.3) is 0 Å². The molecule has 0 radical (unpaired) electrons. The fraction of sp³-hybridized carbons (Fsp3) is 1.00. The summed E-state index contributed by atoms with van der Waals surface area (Å²) in [6, 6.07) is 0. The minimum atomic E-state index is 0. The molecule has 1 saturated carbocycles. The molecule has 0 N–H and O–H groups in total. The Kier molecular flexibility index (Phi) is 7.06. The first-order chi connectivity index (χ1) is 3.39. The molecular weight excluding hydrogens is 147 g/mol. The molecule has 0 aromatic carbocycles. The Morgan fingerprint density at radius 1 is 1.12 bits per heavy atom. The second-order valence-corrected chi connectivity index (χ2v) is 2.85. The number of hydrogen-bond donors (Lipinski definition) is 0. The van der Waals surface area contributed by atoms with Gasteiger partial charge in [0.05, 0.1) is 0 Å². The van der Waals surface area contributed by atoms with Gasteiger partial charge in [-0.3, -0.25) is 0 Å². The molecule has 0 heterocycles. The van der Waals surface area contributed by atoms with Gasteiger partial charge in [-0.05, 0) is 12.8 Å². The molecule has 0 unspecified atom stereocenters. The van der Waals surface area contributed by atoms with Gasteiger partial charge in [0.2, 0.25) is 0 Å². The summed E-state index contributed by atoms with van der Waals surface area (Å²) >= 11 is 5.82. The zero-order valence-corrected chi connectivity index (χ0v) is 9.37. The van der Waals surface area contributed by atoms with Gasteiger partial charge in [0.15, 0.2) is 0 Å². The van der Waals surface area contributed by atoms with Gasteiger partial charge in [-0.15, -0.1) is 11.6 Å². The van der Waals surface area contributed by atoms with E-state index in [4.69, 9.17) is 11.6 Å². The Bertz CT molecular complexity index is 55.0. The predicted octanol–water partition coefficient (Wildman–Crippen LogP) is -0.326. The Hall–Kier alpha value is 1.93. The van der Waals surface area contributed by atoms with Gasteiger partial charge in [-0.1, -0.05) is 19.3 Å². The minimum Gasteiger partial charge on any atom is -1.00 e. The maximum absolute atomic E-state index is 5.82. The summed E-state index contributed by atoms with van der Waals surface area (Å²) in [5, 5.41) is 0.508. The van der Waals surface area contributed by atoms with Crippen LogP contribution in [0.5, 0.6) is 0 Å². The fourth-order valence-corrected chi connectivity index (χ4v) is 1.36. The third-order valence-corrected chi connectivity index (χ3v) is 1.97. The Morgan fingerprint density at radius 2 is 1.62 bits per heavy atom. The van der Waals surface area contributed by atoms with E-state index in [1.807, 2.05) is 0 Å². The molecule has 0 saturated heterocycles. The van der Waals surface area contributed by atoms with Crippen molar-refractivity contribution in [3.8, 4) is 0 Å². The molecule has 44 valence electrons. The molecule has 0 spiro atoms. The zero-order chi connectivity index (χ0) is 5.11. The van der Waals surface area contributed by atoms with Crippen LogP contribution < -0.4 is 51.4 Å². The van der Waals surface area contributed by atoms with E-state index in [1.165, 1.54) is 32.1 Å². The molecule has 0 atom stereocenters. The number of rotatable bonds is 0. The van der Waals surface area contributed by atoms with Gasteiger partial charge in [-0.25, -0.2) is 0 Å². The molecule has 0 amide bonds. The molecule has 0 nitrogen and oxygen atoms in total. The van der Waals surface area contributed by atoms with Crippen LogP contribution in [0.1, 0.15) is 33.5 Å². The maximum atomic E-state index is 5.82. The topological polar surface area (TPSA) is 0 Å². The molecule has 1 rings (SSSR count). The second kappa shape index (κ2) is 5.69. The zero-order valence-electron chi connectivity index (χ0n) is 6.49. The van der Waals surface area contributed by atoms with E-state index in [9.17, 15) is 0 Å². The molecule has 0 aliphatic heterocycles. The van der Waals surface area contributed by atoms with Gasteiger partial charge < -0.3 is 1.43 Å². The van der Waals surface area contributed by atoms with Gasteiger partial charge >= 0.3 is 51.4 Å². The molecule has 1 aliphatic rings. The summed E-state index contributed by atoms with van der Waals surface area (Å²) in [6.07, 6.45) is 6.62. The SMILES string of the molecule is ClC1CCCCC1.[H-].[K+]. The van der Waals surface area contributed by atoms with Crippen LogP contribution in [0.15, 0.2) is 0 Å². The van der Waals surface area contributed by atoms with Crippen molar-refractivity contribution >= 4 is 11.6 Å². The first-order valence-corrected chi connectivity index (χ1v) is 3.47. The van der Waals surface area contributed by atoms with Gasteiger partial charge in [-0.2, -0.15) is 0 Å². The molecule has 0 bridgehead atoms. The van der Waals surface area contributed by atoms with Crippen molar-refractivity contribution in [2.75, 3.05) is 0 Å². The Balaban J connectivity index is 0. The largest absolute Gasteiger partial charge is 1.00 e. The van der Waals surface area contributed by atoms with Crippen LogP contribution >= 0.6 is 11.6 Å². The molecule has 2 heteroatoms. The van der Waals surface area contributed by atoms with Gasteiger partial charge in [0.1, 0.15) is 0 Å². The molecule has 1 fully saturated rings. The van der Waals surface area contributed by atoms with Crippen molar-refractivity contribution in [2.45, 2.75) is 37.5 Å². The van der Waals surface area contributed by atoms with Crippen LogP contribution in [0.2, 0.25) is 0 Å². The molecule has 0 aromatic rings. The van der Waals surface area contributed by atoms with E-state index in [0.29, 0.717) is 5.38 Å². The van der Waals surface area contributed by atoms with Crippen LogP contribution in [0.4, 0.5) is 0 Å². The minimum absolute atomic E-state index is 0. The van der Waals surface area contributed by atoms with Gasteiger partial charge in [0, 0.05) is 5.38 Å². The van der Waals surface area contributed by atoms with Crippen molar-refractivity contribution in [3.63, 3.8) is 0 Å². The van der Waals surface area contributed by atoms with Crippen molar-refractivity contribution in [1.82, 2.24) is 0 Å². The molecule has 1 aliphatic carbocycles. The third kappa shape index (κ3) is 3.86. The van der Waals surface area contributed by atoms with E-state index < -0.39 is 0 Å². The van der Waals surface area contributed by atoms with E-state index in [-0.39, 0.29) is 52.8 Å². The molecular formula is C6H12ClK. The standard InChI is InChI=1S/C6H11Cl.K.H/c7-6-4-2-1-3-5-6;;/h6H,1-5H2;;/q;+1;-1. The smallest absolute Gasteiger partial charge is 1.00 e. The van der Waals surface area contributed by atoms with Crippen molar-refractivity contribution in [3.05, 3.63) is 0 Å². The summed E-state index contributed by atoms with van der Waals surface area (Å²) in [7, 11) is 0. The predicted molar refractivity (Wildman–Crippen MR) is 33.8 cm³/mol. The van der Waals surface area contributed by atoms with E-state index in [0.717, 1.165) is 0 Å². The maximum Gasteiger partial charge on any atom is 1.00 e. The monoisotopic (exact) mass is 158 g/mol. The van der Waals surface area contributed by atoms with Crippen LogP contribution in [-0.2, 0) is 0 Å². The van der Waals surface area contributed by atoms with Crippen LogP contribution in [-0.4, -0.2) is 5.38 Å². The second-order valence-electron chi connectivity index (χ2n) is 2.24. The number of halogens is 1. The fourth-order valence-electron chi connectivity index (χ4n) is 1.05. The quantitative estimate of drug-likeness (QED) is 0.335.